The van der Waals surface area contributed by atoms with Crippen molar-refractivity contribution in [2.24, 2.45) is 17.3 Å². The molecule has 0 bridgehead atoms. The molecular formula is C21H37N3O4. The zero-order chi connectivity index (χ0) is 20.0. The molecule has 3 aliphatic rings. The molecule has 3 fully saturated rings. The van der Waals surface area contributed by atoms with Crippen molar-refractivity contribution >= 4 is 11.8 Å². The van der Waals surface area contributed by atoms with Gasteiger partial charge < -0.3 is 24.6 Å². The molecule has 3 heterocycles. The number of likely N-dealkylation sites (tertiary alicyclic amines) is 2. The summed E-state index contributed by atoms with van der Waals surface area (Å²) < 4.78 is 10.5. The highest BCUT2D eigenvalue weighted by Gasteiger charge is 2.46. The van der Waals surface area contributed by atoms with Crippen LogP contribution in [0.2, 0.25) is 0 Å². The molecule has 3 rings (SSSR count). The fourth-order valence-electron chi connectivity index (χ4n) is 5.01. The molecular weight excluding hydrogens is 358 g/mol. The summed E-state index contributed by atoms with van der Waals surface area (Å²) in [6, 6.07) is 0. The van der Waals surface area contributed by atoms with Crippen LogP contribution in [0.1, 0.15) is 38.5 Å². The molecule has 1 N–H and O–H groups in total. The predicted octanol–water partition coefficient (Wildman–Crippen LogP) is 1.13. The third-order valence-electron chi connectivity index (χ3n) is 6.86. The highest BCUT2D eigenvalue weighted by molar-refractivity contribution is 5.89. The zero-order valence-corrected chi connectivity index (χ0v) is 17.6. The summed E-state index contributed by atoms with van der Waals surface area (Å²) in [5.74, 6) is 1.41. The first kappa shape index (κ1) is 21.5. The van der Waals surface area contributed by atoms with Gasteiger partial charge in [-0.25, -0.2) is 0 Å². The average molecular weight is 396 g/mol. The Balaban J connectivity index is 1.56. The maximum atomic E-state index is 13.4. The van der Waals surface area contributed by atoms with E-state index in [9.17, 15) is 9.59 Å². The Morgan fingerprint density at radius 1 is 0.929 bits per heavy atom. The summed E-state index contributed by atoms with van der Waals surface area (Å²) in [5, 5.41) is 3.34. The predicted molar refractivity (Wildman–Crippen MR) is 107 cm³/mol. The molecule has 1 unspecified atom stereocenters. The van der Waals surface area contributed by atoms with Crippen LogP contribution in [0.3, 0.4) is 0 Å². The lowest BCUT2D eigenvalue weighted by atomic mass is 9.80. The minimum Gasteiger partial charge on any atom is -0.384 e. The Labute approximate surface area is 169 Å². The summed E-state index contributed by atoms with van der Waals surface area (Å²) >= 11 is 0. The summed E-state index contributed by atoms with van der Waals surface area (Å²) in [5.41, 5.74) is -0.561. The van der Waals surface area contributed by atoms with E-state index in [1.165, 1.54) is 0 Å². The molecule has 2 amide bonds. The largest absolute Gasteiger partial charge is 0.384 e. The third-order valence-corrected chi connectivity index (χ3v) is 6.86. The molecule has 7 nitrogen and oxygen atoms in total. The SMILES string of the molecule is COCC1CCN(C(=O)CC2(C(=O)N3CCC(COC)CC3)CCNC2)CC1. The maximum absolute atomic E-state index is 13.4. The summed E-state index contributed by atoms with van der Waals surface area (Å²) in [6.07, 6.45) is 5.06. The summed E-state index contributed by atoms with van der Waals surface area (Å²) in [6.45, 7) is 6.11. The number of amides is 2. The van der Waals surface area contributed by atoms with Crippen LogP contribution in [0.25, 0.3) is 0 Å². The highest BCUT2D eigenvalue weighted by Crippen LogP contribution is 2.35. The molecule has 3 aliphatic heterocycles. The van der Waals surface area contributed by atoms with Gasteiger partial charge in [0.25, 0.3) is 0 Å². The molecule has 28 heavy (non-hydrogen) atoms. The molecule has 0 aliphatic carbocycles. The van der Waals surface area contributed by atoms with Gasteiger partial charge in [-0.1, -0.05) is 0 Å². The molecule has 0 radical (unpaired) electrons. The van der Waals surface area contributed by atoms with Crippen LogP contribution in [0.4, 0.5) is 0 Å². The molecule has 0 spiro atoms. The quantitative estimate of drug-likeness (QED) is 0.700. The molecule has 7 heteroatoms. The number of piperidine rings is 2. The van der Waals surface area contributed by atoms with Crippen molar-refractivity contribution in [3.8, 4) is 0 Å². The van der Waals surface area contributed by atoms with Crippen molar-refractivity contribution in [1.82, 2.24) is 15.1 Å². The van der Waals surface area contributed by atoms with Gasteiger partial charge in [0.1, 0.15) is 0 Å². The van der Waals surface area contributed by atoms with Crippen LogP contribution < -0.4 is 5.32 Å². The minimum absolute atomic E-state index is 0.141. The minimum atomic E-state index is -0.561. The number of ether oxygens (including phenoxy) is 2. The number of carbonyl (C=O) groups excluding carboxylic acids is 2. The Morgan fingerprint density at radius 2 is 1.46 bits per heavy atom. The van der Waals surface area contributed by atoms with Crippen LogP contribution in [-0.2, 0) is 19.1 Å². The van der Waals surface area contributed by atoms with Crippen molar-refractivity contribution in [3.63, 3.8) is 0 Å². The summed E-state index contributed by atoms with van der Waals surface area (Å²) in [4.78, 5) is 30.4. The van der Waals surface area contributed by atoms with Crippen molar-refractivity contribution in [3.05, 3.63) is 0 Å². The van der Waals surface area contributed by atoms with Gasteiger partial charge in [-0.2, -0.15) is 0 Å². The second kappa shape index (κ2) is 10.0. The molecule has 0 saturated carbocycles. The van der Waals surface area contributed by atoms with Gasteiger partial charge in [0, 0.05) is 66.6 Å². The van der Waals surface area contributed by atoms with E-state index < -0.39 is 5.41 Å². The van der Waals surface area contributed by atoms with Gasteiger partial charge in [0.15, 0.2) is 0 Å². The first-order chi connectivity index (χ1) is 13.6. The second-order valence-electron chi connectivity index (χ2n) is 8.85. The smallest absolute Gasteiger partial charge is 0.230 e. The van der Waals surface area contributed by atoms with Crippen LogP contribution in [0, 0.1) is 17.3 Å². The number of hydrogen-bond acceptors (Lipinski definition) is 5. The maximum Gasteiger partial charge on any atom is 0.230 e. The van der Waals surface area contributed by atoms with E-state index in [1.54, 1.807) is 14.2 Å². The van der Waals surface area contributed by atoms with Gasteiger partial charge in [0.2, 0.25) is 11.8 Å². The lowest BCUT2D eigenvalue weighted by Gasteiger charge is -2.39. The molecule has 1 atom stereocenters. The number of carbonyl (C=O) groups is 2. The number of nitrogens with one attached hydrogen (secondary N) is 1. The van der Waals surface area contributed by atoms with E-state index in [0.717, 1.165) is 78.0 Å². The van der Waals surface area contributed by atoms with Crippen molar-refractivity contribution in [2.45, 2.75) is 38.5 Å². The number of nitrogens with zero attached hydrogens (tertiary/aromatic N) is 2. The Bertz CT molecular complexity index is 520. The number of hydrogen-bond donors (Lipinski definition) is 1. The lowest BCUT2D eigenvalue weighted by Crippen LogP contribution is -2.51. The van der Waals surface area contributed by atoms with Crippen LogP contribution >= 0.6 is 0 Å². The van der Waals surface area contributed by atoms with E-state index >= 15 is 0 Å². The Morgan fingerprint density at radius 3 is 1.93 bits per heavy atom. The fourth-order valence-corrected chi connectivity index (χ4v) is 5.01. The van der Waals surface area contributed by atoms with Crippen LogP contribution in [0.15, 0.2) is 0 Å². The second-order valence-corrected chi connectivity index (χ2v) is 8.85. The lowest BCUT2D eigenvalue weighted by molar-refractivity contribution is -0.149. The van der Waals surface area contributed by atoms with Crippen LogP contribution in [0.5, 0.6) is 0 Å². The monoisotopic (exact) mass is 395 g/mol. The molecule has 0 aromatic carbocycles. The topological polar surface area (TPSA) is 71.1 Å². The van der Waals surface area contributed by atoms with Crippen molar-refractivity contribution < 1.29 is 19.1 Å². The van der Waals surface area contributed by atoms with Gasteiger partial charge in [-0.15, -0.1) is 0 Å². The first-order valence-corrected chi connectivity index (χ1v) is 10.8. The Kier molecular flexibility index (Phi) is 7.71. The molecule has 160 valence electrons. The molecule has 0 aromatic rings. The summed E-state index contributed by atoms with van der Waals surface area (Å²) in [7, 11) is 3.47. The van der Waals surface area contributed by atoms with E-state index in [-0.39, 0.29) is 11.8 Å². The molecule has 3 saturated heterocycles. The van der Waals surface area contributed by atoms with Crippen molar-refractivity contribution in [1.29, 1.82) is 0 Å². The number of methoxy groups -OCH3 is 2. The van der Waals surface area contributed by atoms with Gasteiger partial charge >= 0.3 is 0 Å². The van der Waals surface area contributed by atoms with E-state index in [0.29, 0.717) is 24.8 Å². The van der Waals surface area contributed by atoms with E-state index in [1.807, 2.05) is 9.80 Å². The number of rotatable bonds is 7. The Hall–Kier alpha value is -1.18. The van der Waals surface area contributed by atoms with Gasteiger partial charge in [-0.3, -0.25) is 9.59 Å². The van der Waals surface area contributed by atoms with Crippen molar-refractivity contribution in [2.75, 3.05) is 66.7 Å². The highest BCUT2D eigenvalue weighted by atomic mass is 16.5. The first-order valence-electron chi connectivity index (χ1n) is 10.8. The zero-order valence-electron chi connectivity index (χ0n) is 17.6. The van der Waals surface area contributed by atoms with Gasteiger partial charge in [-0.05, 0) is 50.5 Å². The van der Waals surface area contributed by atoms with Crippen LogP contribution in [-0.4, -0.2) is 88.3 Å². The third kappa shape index (κ3) is 5.05. The van der Waals surface area contributed by atoms with E-state index in [4.69, 9.17) is 9.47 Å². The normalized spacial score (nSPS) is 27.4. The fraction of sp³-hybridized carbons (Fsp3) is 0.905. The standard InChI is InChI=1S/C21H37N3O4/c1-27-14-17-3-9-23(10-4-17)19(25)13-21(7-8-22-16-21)20(26)24-11-5-18(6-12-24)15-28-2/h17-18,22H,3-16H2,1-2H3. The average Bonchev–Trinajstić information content (AvgIpc) is 3.19. The van der Waals surface area contributed by atoms with E-state index in [2.05, 4.69) is 5.32 Å². The van der Waals surface area contributed by atoms with Gasteiger partial charge in [0.05, 0.1) is 5.41 Å². The molecule has 0 aromatic heterocycles.